The van der Waals surface area contributed by atoms with Gasteiger partial charge in [0.05, 0.1) is 10.5 Å². The summed E-state index contributed by atoms with van der Waals surface area (Å²) in [5, 5.41) is 9.18. The van der Waals surface area contributed by atoms with Gasteiger partial charge >= 0.3 is 5.97 Å². The molecule has 0 aliphatic rings. The molecule has 0 aliphatic carbocycles. The molecule has 0 fully saturated rings. The lowest BCUT2D eigenvalue weighted by atomic mass is 10.1. The number of nitrogens with one attached hydrogen (secondary N) is 1. The van der Waals surface area contributed by atoms with E-state index in [1.165, 1.54) is 18.2 Å². The van der Waals surface area contributed by atoms with E-state index in [-0.39, 0.29) is 24.2 Å². The summed E-state index contributed by atoms with van der Waals surface area (Å²) in [6.45, 7) is 3.42. The third kappa shape index (κ3) is 5.68. The smallest absolute Gasteiger partial charge is 0.335 e. The van der Waals surface area contributed by atoms with Gasteiger partial charge in [0.2, 0.25) is 10.0 Å². The lowest BCUT2D eigenvalue weighted by Crippen LogP contribution is -2.26. The third-order valence-electron chi connectivity index (χ3n) is 4.74. The SMILES string of the molecule is Cc1cc(Oc2ccc(CCNS(=O)(=O)c3ccc(C)c(C(=O)O)c3)cc2)ccc1F.[HH]. The number of aromatic carboxylic acids is 1. The maximum absolute atomic E-state index is 13.3. The van der Waals surface area contributed by atoms with Crippen LogP contribution < -0.4 is 9.46 Å². The Morgan fingerprint density at radius 1 is 1.00 bits per heavy atom. The minimum absolute atomic E-state index is 0. The van der Waals surface area contributed by atoms with Gasteiger partial charge in [0.15, 0.2) is 0 Å². The van der Waals surface area contributed by atoms with Gasteiger partial charge < -0.3 is 9.84 Å². The summed E-state index contributed by atoms with van der Waals surface area (Å²) in [5.74, 6) is -0.364. The molecule has 0 aromatic heterocycles. The number of ether oxygens (including phenoxy) is 1. The maximum Gasteiger partial charge on any atom is 0.335 e. The number of halogens is 1. The molecule has 0 saturated carbocycles. The molecule has 0 unspecified atom stereocenters. The molecule has 0 amide bonds. The molecule has 0 radical (unpaired) electrons. The summed E-state index contributed by atoms with van der Waals surface area (Å²) < 4.78 is 46.5. The van der Waals surface area contributed by atoms with Crippen LogP contribution in [0.1, 0.15) is 28.5 Å². The average molecular weight is 446 g/mol. The number of hydrogen-bond acceptors (Lipinski definition) is 4. The molecule has 6 nitrogen and oxygen atoms in total. The zero-order chi connectivity index (χ0) is 22.6. The third-order valence-corrected chi connectivity index (χ3v) is 6.20. The lowest BCUT2D eigenvalue weighted by Gasteiger charge is -2.10. The summed E-state index contributed by atoms with van der Waals surface area (Å²) >= 11 is 0. The molecule has 0 heterocycles. The molecule has 3 rings (SSSR count). The van der Waals surface area contributed by atoms with Crippen molar-refractivity contribution in [2.45, 2.75) is 25.2 Å². The van der Waals surface area contributed by atoms with Crippen molar-refractivity contribution in [3.63, 3.8) is 0 Å². The van der Waals surface area contributed by atoms with Crippen LogP contribution in [0.2, 0.25) is 0 Å². The Labute approximate surface area is 181 Å². The Morgan fingerprint density at radius 2 is 1.68 bits per heavy atom. The molecule has 0 spiro atoms. The highest BCUT2D eigenvalue weighted by molar-refractivity contribution is 7.89. The Hall–Kier alpha value is -3.23. The van der Waals surface area contributed by atoms with Gasteiger partial charge in [0, 0.05) is 7.97 Å². The van der Waals surface area contributed by atoms with Crippen molar-refractivity contribution in [2.75, 3.05) is 6.54 Å². The van der Waals surface area contributed by atoms with Crippen LogP contribution in [0.5, 0.6) is 11.5 Å². The first-order chi connectivity index (χ1) is 14.7. The highest BCUT2D eigenvalue weighted by Crippen LogP contribution is 2.24. The van der Waals surface area contributed by atoms with Crippen LogP contribution in [0.4, 0.5) is 4.39 Å². The van der Waals surface area contributed by atoms with Gasteiger partial charge in [-0.2, -0.15) is 0 Å². The zero-order valence-electron chi connectivity index (χ0n) is 17.1. The van der Waals surface area contributed by atoms with Crippen LogP contribution in [0.3, 0.4) is 0 Å². The van der Waals surface area contributed by atoms with Crippen LogP contribution in [0, 0.1) is 19.7 Å². The number of rotatable bonds is 8. The Kier molecular flexibility index (Phi) is 6.72. The first-order valence-corrected chi connectivity index (χ1v) is 11.0. The second-order valence-electron chi connectivity index (χ2n) is 7.09. The van der Waals surface area contributed by atoms with Crippen LogP contribution in [0.25, 0.3) is 0 Å². The molecular weight excluding hydrogens is 421 g/mol. The van der Waals surface area contributed by atoms with Crippen molar-refractivity contribution >= 4 is 16.0 Å². The van der Waals surface area contributed by atoms with Crippen molar-refractivity contribution in [3.8, 4) is 11.5 Å². The van der Waals surface area contributed by atoms with Crippen LogP contribution in [0.15, 0.2) is 65.6 Å². The zero-order valence-corrected chi connectivity index (χ0v) is 17.9. The number of carbonyl (C=O) groups is 1. The number of carboxylic acids is 1. The van der Waals surface area contributed by atoms with Gasteiger partial charge in [-0.15, -0.1) is 0 Å². The molecule has 3 aromatic rings. The monoisotopic (exact) mass is 445 g/mol. The maximum atomic E-state index is 13.3. The van der Waals surface area contributed by atoms with Crippen LogP contribution in [-0.2, 0) is 16.4 Å². The van der Waals surface area contributed by atoms with Crippen molar-refractivity contribution in [1.82, 2.24) is 4.72 Å². The average Bonchev–Trinajstić information content (AvgIpc) is 2.72. The summed E-state index contributed by atoms with van der Waals surface area (Å²) in [7, 11) is -3.83. The number of hydrogen-bond donors (Lipinski definition) is 2. The first-order valence-electron chi connectivity index (χ1n) is 9.52. The fraction of sp³-hybridized carbons (Fsp3) is 0.174. The number of benzene rings is 3. The standard InChI is InChI=1S/C23H22FNO5S.H2/c1-15-3-9-20(14-21(15)23(26)27)31(28,29)25-12-11-17-4-6-18(7-5-17)30-19-8-10-22(24)16(2)13-19;/h3-10,13-14,25H,11-12H2,1-2H3,(H,26,27);1H. The van der Waals surface area contributed by atoms with Gasteiger partial charge in [-0.25, -0.2) is 22.3 Å². The normalized spacial score (nSPS) is 11.3. The summed E-state index contributed by atoms with van der Waals surface area (Å²) in [6.07, 6.45) is 0.437. The van der Waals surface area contributed by atoms with E-state index >= 15 is 0 Å². The molecule has 0 bridgehead atoms. The van der Waals surface area contributed by atoms with Crippen molar-refractivity contribution < 1.29 is 28.9 Å². The van der Waals surface area contributed by atoms with Crippen LogP contribution >= 0.6 is 0 Å². The van der Waals surface area contributed by atoms with Crippen LogP contribution in [-0.4, -0.2) is 26.0 Å². The number of sulfonamides is 1. The summed E-state index contributed by atoms with van der Waals surface area (Å²) in [4.78, 5) is 11.1. The fourth-order valence-electron chi connectivity index (χ4n) is 2.95. The van der Waals surface area contributed by atoms with E-state index in [1.54, 1.807) is 38.1 Å². The second-order valence-corrected chi connectivity index (χ2v) is 8.85. The van der Waals surface area contributed by atoms with E-state index in [1.807, 2.05) is 12.1 Å². The van der Waals surface area contributed by atoms with E-state index in [0.29, 0.717) is 29.0 Å². The Morgan fingerprint density at radius 3 is 2.32 bits per heavy atom. The summed E-state index contributed by atoms with van der Waals surface area (Å²) in [5.41, 5.74) is 1.82. The lowest BCUT2D eigenvalue weighted by molar-refractivity contribution is 0.0696. The molecular formula is C23H24FNO5S. The van der Waals surface area contributed by atoms with Gasteiger partial charge in [-0.1, -0.05) is 18.2 Å². The van der Waals surface area contributed by atoms with E-state index in [4.69, 9.17) is 4.74 Å². The predicted molar refractivity (Wildman–Crippen MR) is 117 cm³/mol. The molecule has 164 valence electrons. The minimum Gasteiger partial charge on any atom is -0.478 e. The van der Waals surface area contributed by atoms with E-state index in [0.717, 1.165) is 11.6 Å². The minimum atomic E-state index is -3.83. The summed E-state index contributed by atoms with van der Waals surface area (Å²) in [6, 6.07) is 15.6. The van der Waals surface area contributed by atoms with Gasteiger partial charge in [-0.3, -0.25) is 0 Å². The van der Waals surface area contributed by atoms with Crippen molar-refractivity contribution in [3.05, 3.63) is 88.7 Å². The number of aryl methyl sites for hydroxylation is 2. The molecule has 0 aliphatic heterocycles. The van der Waals surface area contributed by atoms with Gasteiger partial charge in [0.25, 0.3) is 0 Å². The van der Waals surface area contributed by atoms with Crippen molar-refractivity contribution in [1.29, 1.82) is 0 Å². The van der Waals surface area contributed by atoms with Gasteiger partial charge in [-0.05, 0) is 79.4 Å². The van der Waals surface area contributed by atoms with Crippen molar-refractivity contribution in [2.24, 2.45) is 0 Å². The number of carboxylic acid groups (broad SMARTS) is 1. The molecule has 0 atom stereocenters. The van der Waals surface area contributed by atoms with E-state index < -0.39 is 16.0 Å². The molecule has 31 heavy (non-hydrogen) atoms. The quantitative estimate of drug-likeness (QED) is 0.524. The highest BCUT2D eigenvalue weighted by Gasteiger charge is 2.17. The Bertz CT molecular complexity index is 1210. The van der Waals surface area contributed by atoms with E-state index in [2.05, 4.69) is 4.72 Å². The van der Waals surface area contributed by atoms with E-state index in [9.17, 15) is 22.7 Å². The van der Waals surface area contributed by atoms with Gasteiger partial charge in [0.1, 0.15) is 17.3 Å². The Balaban J connectivity index is 0.00000363. The topological polar surface area (TPSA) is 92.7 Å². The molecule has 2 N–H and O–H groups in total. The highest BCUT2D eigenvalue weighted by atomic mass is 32.2. The fourth-order valence-corrected chi connectivity index (χ4v) is 4.01. The predicted octanol–water partition coefficient (Wildman–Crippen LogP) is 4.70. The molecule has 0 saturated heterocycles. The first kappa shape index (κ1) is 22.5. The molecule has 8 heteroatoms. The largest absolute Gasteiger partial charge is 0.478 e. The molecule has 3 aromatic carbocycles. The second kappa shape index (κ2) is 9.28.